The lowest BCUT2D eigenvalue weighted by atomic mass is 9.89. The minimum atomic E-state index is 0.0903. The maximum atomic E-state index is 12.5. The van der Waals surface area contributed by atoms with Gasteiger partial charge in [0.1, 0.15) is 5.75 Å². The van der Waals surface area contributed by atoms with Gasteiger partial charge in [-0.2, -0.15) is 0 Å². The molecule has 1 unspecified atom stereocenters. The Morgan fingerprint density at radius 2 is 2.21 bits per heavy atom. The van der Waals surface area contributed by atoms with Gasteiger partial charge in [0.2, 0.25) is 0 Å². The third-order valence-corrected chi connectivity index (χ3v) is 3.83. The van der Waals surface area contributed by atoms with E-state index in [9.17, 15) is 4.79 Å². The summed E-state index contributed by atoms with van der Waals surface area (Å²) < 4.78 is 5.41. The summed E-state index contributed by atoms with van der Waals surface area (Å²) in [5.41, 5.74) is 1.93. The molecular weight excluding hydrogens is 238 g/mol. The van der Waals surface area contributed by atoms with Crippen molar-refractivity contribution in [2.24, 2.45) is 5.92 Å². The van der Waals surface area contributed by atoms with E-state index in [0.29, 0.717) is 11.7 Å². The zero-order chi connectivity index (χ0) is 13.8. The number of Topliss-reactive ketones (excluding diaryl/α,β-unsaturated/α-hetero) is 1. The van der Waals surface area contributed by atoms with Crippen molar-refractivity contribution in [1.29, 1.82) is 0 Å². The summed E-state index contributed by atoms with van der Waals surface area (Å²) in [4.78, 5) is 12.5. The van der Waals surface area contributed by atoms with Crippen LogP contribution in [-0.2, 0) is 0 Å². The van der Waals surface area contributed by atoms with Crippen molar-refractivity contribution in [1.82, 2.24) is 5.32 Å². The molecule has 0 aromatic heterocycles. The van der Waals surface area contributed by atoms with Gasteiger partial charge in [-0.3, -0.25) is 4.79 Å². The molecule has 1 atom stereocenters. The van der Waals surface area contributed by atoms with Gasteiger partial charge in [0.05, 0.1) is 12.7 Å². The van der Waals surface area contributed by atoms with Crippen LogP contribution in [-0.4, -0.2) is 26.0 Å². The molecule has 1 aliphatic heterocycles. The molecule has 1 aliphatic rings. The summed E-state index contributed by atoms with van der Waals surface area (Å²) in [7, 11) is 1.63. The van der Waals surface area contributed by atoms with E-state index in [-0.39, 0.29) is 11.7 Å². The van der Waals surface area contributed by atoms with Crippen LogP contribution in [0.1, 0.15) is 48.5 Å². The highest BCUT2D eigenvalue weighted by molar-refractivity contribution is 6.00. The van der Waals surface area contributed by atoms with Gasteiger partial charge in [-0.15, -0.1) is 0 Å². The normalized spacial score (nSPS) is 19.5. The lowest BCUT2D eigenvalue weighted by Gasteiger charge is -2.22. The van der Waals surface area contributed by atoms with E-state index in [0.717, 1.165) is 31.5 Å². The van der Waals surface area contributed by atoms with Crippen molar-refractivity contribution in [2.45, 2.75) is 32.6 Å². The second-order valence-corrected chi connectivity index (χ2v) is 5.52. The highest BCUT2D eigenvalue weighted by Gasteiger charge is 2.24. The largest absolute Gasteiger partial charge is 0.496 e. The number of ether oxygens (including phenoxy) is 1. The van der Waals surface area contributed by atoms with Gasteiger partial charge in [-0.05, 0) is 43.0 Å². The van der Waals surface area contributed by atoms with Gasteiger partial charge in [0, 0.05) is 12.5 Å². The maximum absolute atomic E-state index is 12.5. The average molecular weight is 261 g/mol. The standard InChI is InChI=1S/C16H23NO2/c1-11(2)12-6-7-14(15(9-12)19-3)16(18)13-5-4-8-17-10-13/h6-7,9,11,13,17H,4-5,8,10H2,1-3H3. The number of piperidine rings is 1. The Hall–Kier alpha value is -1.35. The van der Waals surface area contributed by atoms with Crippen LogP contribution in [0.5, 0.6) is 5.75 Å². The van der Waals surface area contributed by atoms with Crippen molar-refractivity contribution >= 4 is 5.78 Å². The molecule has 104 valence electrons. The first-order valence-corrected chi connectivity index (χ1v) is 7.06. The van der Waals surface area contributed by atoms with E-state index in [2.05, 4.69) is 19.2 Å². The molecule has 1 saturated heterocycles. The Balaban J connectivity index is 2.25. The minimum Gasteiger partial charge on any atom is -0.496 e. The van der Waals surface area contributed by atoms with Gasteiger partial charge in [-0.25, -0.2) is 0 Å². The molecule has 1 aromatic rings. The number of rotatable bonds is 4. The molecule has 0 saturated carbocycles. The molecule has 3 heteroatoms. The Labute approximate surface area is 115 Å². The quantitative estimate of drug-likeness (QED) is 0.847. The monoisotopic (exact) mass is 261 g/mol. The number of carbonyl (C=O) groups excluding carboxylic acids is 1. The molecule has 19 heavy (non-hydrogen) atoms. The fourth-order valence-electron chi connectivity index (χ4n) is 2.57. The number of ketones is 1. The summed E-state index contributed by atoms with van der Waals surface area (Å²) in [6.07, 6.45) is 2.05. The zero-order valence-corrected chi connectivity index (χ0v) is 12.0. The molecule has 1 N–H and O–H groups in total. The highest BCUT2D eigenvalue weighted by atomic mass is 16.5. The van der Waals surface area contributed by atoms with Gasteiger partial charge in [-0.1, -0.05) is 19.9 Å². The summed E-state index contributed by atoms with van der Waals surface area (Å²) in [5, 5.41) is 3.29. The average Bonchev–Trinajstić information content (AvgIpc) is 2.46. The van der Waals surface area contributed by atoms with E-state index in [1.165, 1.54) is 5.56 Å². The fourth-order valence-corrected chi connectivity index (χ4v) is 2.57. The number of nitrogens with one attached hydrogen (secondary N) is 1. The number of benzene rings is 1. The van der Waals surface area contributed by atoms with Crippen LogP contribution in [0.3, 0.4) is 0 Å². The lowest BCUT2D eigenvalue weighted by molar-refractivity contribution is 0.0896. The van der Waals surface area contributed by atoms with Crippen LogP contribution in [0, 0.1) is 5.92 Å². The minimum absolute atomic E-state index is 0.0903. The van der Waals surface area contributed by atoms with Crippen LogP contribution in [0.4, 0.5) is 0 Å². The number of hydrogen-bond acceptors (Lipinski definition) is 3. The van der Waals surface area contributed by atoms with E-state index in [1.807, 2.05) is 18.2 Å². The van der Waals surface area contributed by atoms with Crippen molar-refractivity contribution in [3.8, 4) is 5.75 Å². The Morgan fingerprint density at radius 3 is 2.79 bits per heavy atom. The van der Waals surface area contributed by atoms with E-state index < -0.39 is 0 Å². The summed E-state index contributed by atoms with van der Waals surface area (Å²) in [6.45, 7) is 6.09. The summed E-state index contributed by atoms with van der Waals surface area (Å²) in [5.74, 6) is 1.45. The van der Waals surface area contributed by atoms with E-state index >= 15 is 0 Å². The number of methoxy groups -OCH3 is 1. The van der Waals surface area contributed by atoms with Crippen LogP contribution in [0.25, 0.3) is 0 Å². The van der Waals surface area contributed by atoms with Crippen molar-refractivity contribution < 1.29 is 9.53 Å². The van der Waals surface area contributed by atoms with Crippen molar-refractivity contribution in [3.05, 3.63) is 29.3 Å². The molecule has 0 amide bonds. The van der Waals surface area contributed by atoms with Crippen LogP contribution in [0.2, 0.25) is 0 Å². The predicted molar refractivity (Wildman–Crippen MR) is 77.0 cm³/mol. The zero-order valence-electron chi connectivity index (χ0n) is 12.0. The molecule has 0 aliphatic carbocycles. The molecular formula is C16H23NO2. The highest BCUT2D eigenvalue weighted by Crippen LogP contribution is 2.28. The predicted octanol–water partition coefficient (Wildman–Crippen LogP) is 3.00. The molecule has 3 nitrogen and oxygen atoms in total. The Kier molecular flexibility index (Phi) is 4.59. The molecule has 1 heterocycles. The van der Waals surface area contributed by atoms with Crippen molar-refractivity contribution in [2.75, 3.05) is 20.2 Å². The third kappa shape index (κ3) is 3.16. The SMILES string of the molecule is COc1cc(C(C)C)ccc1C(=O)C1CCCNC1. The van der Waals surface area contributed by atoms with Gasteiger partial charge >= 0.3 is 0 Å². The Morgan fingerprint density at radius 1 is 1.42 bits per heavy atom. The summed E-state index contributed by atoms with van der Waals surface area (Å²) in [6, 6.07) is 5.95. The fraction of sp³-hybridized carbons (Fsp3) is 0.562. The van der Waals surface area contributed by atoms with Gasteiger partial charge < -0.3 is 10.1 Å². The van der Waals surface area contributed by atoms with Crippen LogP contribution < -0.4 is 10.1 Å². The molecule has 2 rings (SSSR count). The first kappa shape index (κ1) is 14.1. The van der Waals surface area contributed by atoms with Crippen molar-refractivity contribution in [3.63, 3.8) is 0 Å². The topological polar surface area (TPSA) is 38.3 Å². The number of hydrogen-bond donors (Lipinski definition) is 1. The van der Waals surface area contributed by atoms with Crippen LogP contribution in [0.15, 0.2) is 18.2 Å². The first-order chi connectivity index (χ1) is 9.13. The second-order valence-electron chi connectivity index (χ2n) is 5.52. The van der Waals surface area contributed by atoms with Gasteiger partial charge in [0.25, 0.3) is 0 Å². The lowest BCUT2D eigenvalue weighted by Crippen LogP contribution is -2.34. The van der Waals surface area contributed by atoms with E-state index in [1.54, 1.807) is 7.11 Å². The molecule has 1 aromatic carbocycles. The van der Waals surface area contributed by atoms with Gasteiger partial charge in [0.15, 0.2) is 5.78 Å². The molecule has 0 radical (unpaired) electrons. The molecule has 1 fully saturated rings. The smallest absolute Gasteiger partial charge is 0.170 e. The second kappa shape index (κ2) is 6.20. The Bertz CT molecular complexity index is 448. The first-order valence-electron chi connectivity index (χ1n) is 7.06. The maximum Gasteiger partial charge on any atom is 0.170 e. The molecule has 0 bridgehead atoms. The van der Waals surface area contributed by atoms with Crippen LogP contribution >= 0.6 is 0 Å². The van der Waals surface area contributed by atoms with E-state index in [4.69, 9.17) is 4.74 Å². The molecule has 0 spiro atoms. The third-order valence-electron chi connectivity index (χ3n) is 3.83. The number of carbonyl (C=O) groups is 1. The summed E-state index contributed by atoms with van der Waals surface area (Å²) >= 11 is 0.